The van der Waals surface area contributed by atoms with E-state index in [2.05, 4.69) is 12.2 Å². The minimum absolute atomic E-state index is 0.0452. The second kappa shape index (κ2) is 12.2. The van der Waals surface area contributed by atoms with Crippen LogP contribution >= 0.6 is 0 Å². The molecule has 0 unspecified atom stereocenters. The van der Waals surface area contributed by atoms with Crippen LogP contribution in [0.15, 0.2) is 29.2 Å². The summed E-state index contributed by atoms with van der Waals surface area (Å²) in [7, 11) is -3.60. The first kappa shape index (κ1) is 24.5. The molecule has 1 aromatic rings. The third kappa shape index (κ3) is 7.20. The van der Waals surface area contributed by atoms with Gasteiger partial charge in [0.2, 0.25) is 15.9 Å². The SMILES string of the molecule is CCCCCCCCCNC(=O)C1CCN(S(=O)(=O)c2ccc(C(C)=O)cc2)CC1. The van der Waals surface area contributed by atoms with E-state index in [-0.39, 0.29) is 22.5 Å². The van der Waals surface area contributed by atoms with Crippen LogP contribution in [-0.4, -0.2) is 44.0 Å². The van der Waals surface area contributed by atoms with Crippen LogP contribution in [0.5, 0.6) is 0 Å². The van der Waals surface area contributed by atoms with E-state index in [9.17, 15) is 18.0 Å². The number of hydrogen-bond donors (Lipinski definition) is 1. The van der Waals surface area contributed by atoms with E-state index in [4.69, 9.17) is 0 Å². The minimum atomic E-state index is -3.60. The Labute approximate surface area is 181 Å². The number of piperidine rings is 1. The molecule has 0 aliphatic carbocycles. The molecular formula is C23H36N2O4S. The lowest BCUT2D eigenvalue weighted by atomic mass is 9.97. The Morgan fingerprint density at radius 2 is 1.53 bits per heavy atom. The molecular weight excluding hydrogens is 400 g/mol. The van der Waals surface area contributed by atoms with Crippen molar-refractivity contribution in [3.63, 3.8) is 0 Å². The molecule has 1 aliphatic rings. The maximum atomic E-state index is 12.8. The zero-order valence-corrected chi connectivity index (χ0v) is 19.2. The number of carbonyl (C=O) groups excluding carboxylic acids is 2. The van der Waals surface area contributed by atoms with Gasteiger partial charge < -0.3 is 5.32 Å². The third-order valence-corrected chi connectivity index (χ3v) is 7.72. The van der Waals surface area contributed by atoms with Gasteiger partial charge in [0, 0.05) is 31.1 Å². The molecule has 7 heteroatoms. The summed E-state index contributed by atoms with van der Waals surface area (Å²) < 4.78 is 27.1. The van der Waals surface area contributed by atoms with Crippen LogP contribution < -0.4 is 5.32 Å². The number of amides is 1. The van der Waals surface area contributed by atoms with Crippen LogP contribution in [0.2, 0.25) is 0 Å². The number of hydrogen-bond acceptors (Lipinski definition) is 4. The van der Waals surface area contributed by atoms with Crippen LogP contribution in [0.1, 0.15) is 82.0 Å². The van der Waals surface area contributed by atoms with E-state index in [1.165, 1.54) is 55.5 Å². The Morgan fingerprint density at radius 1 is 0.967 bits per heavy atom. The predicted octanol–water partition coefficient (Wildman–Crippen LogP) is 4.16. The standard InChI is InChI=1S/C23H36N2O4S/c1-3-4-5-6-7-8-9-16-24-23(27)21-14-17-25(18-15-21)30(28,29)22-12-10-20(11-13-22)19(2)26/h10-13,21H,3-9,14-18H2,1-2H3,(H,24,27). The Hall–Kier alpha value is -1.73. The average molecular weight is 437 g/mol. The fourth-order valence-electron chi connectivity index (χ4n) is 3.81. The summed E-state index contributed by atoms with van der Waals surface area (Å²) >= 11 is 0. The molecule has 1 heterocycles. The Balaban J connectivity index is 1.73. The van der Waals surface area contributed by atoms with Gasteiger partial charge in [0.05, 0.1) is 4.90 Å². The quantitative estimate of drug-likeness (QED) is 0.394. The zero-order valence-electron chi connectivity index (χ0n) is 18.4. The molecule has 1 fully saturated rings. The van der Waals surface area contributed by atoms with Gasteiger partial charge in [0.25, 0.3) is 0 Å². The van der Waals surface area contributed by atoms with Gasteiger partial charge in [-0.3, -0.25) is 9.59 Å². The zero-order chi connectivity index (χ0) is 22.0. The number of carbonyl (C=O) groups is 2. The summed E-state index contributed by atoms with van der Waals surface area (Å²) in [5.74, 6) is -0.174. The highest BCUT2D eigenvalue weighted by atomic mass is 32.2. The lowest BCUT2D eigenvalue weighted by molar-refractivity contribution is -0.126. The summed E-state index contributed by atoms with van der Waals surface area (Å²) in [4.78, 5) is 24.0. The van der Waals surface area contributed by atoms with E-state index < -0.39 is 10.0 Å². The number of Topliss-reactive ketones (excluding diaryl/α,β-unsaturated/α-hetero) is 1. The highest BCUT2D eigenvalue weighted by Gasteiger charge is 2.32. The van der Waals surface area contributed by atoms with E-state index >= 15 is 0 Å². The third-order valence-electron chi connectivity index (χ3n) is 5.80. The summed E-state index contributed by atoms with van der Waals surface area (Å²) in [5, 5.41) is 3.02. The molecule has 0 atom stereocenters. The normalized spacial score (nSPS) is 15.8. The number of nitrogens with zero attached hydrogens (tertiary/aromatic N) is 1. The predicted molar refractivity (Wildman–Crippen MR) is 119 cm³/mol. The Kier molecular flexibility index (Phi) is 9.98. The molecule has 1 saturated heterocycles. The maximum absolute atomic E-state index is 12.8. The Bertz CT molecular complexity index is 782. The van der Waals surface area contributed by atoms with Crippen LogP contribution in [0.4, 0.5) is 0 Å². The highest BCUT2D eigenvalue weighted by Crippen LogP contribution is 2.24. The van der Waals surface area contributed by atoms with Crippen LogP contribution in [-0.2, 0) is 14.8 Å². The maximum Gasteiger partial charge on any atom is 0.243 e. The van der Waals surface area contributed by atoms with Gasteiger partial charge in [-0.2, -0.15) is 4.31 Å². The van der Waals surface area contributed by atoms with Crippen LogP contribution in [0.3, 0.4) is 0 Å². The fraction of sp³-hybridized carbons (Fsp3) is 0.652. The summed E-state index contributed by atoms with van der Waals surface area (Å²) in [6.45, 7) is 5.04. The second-order valence-electron chi connectivity index (χ2n) is 8.17. The van der Waals surface area contributed by atoms with E-state index in [1.807, 2.05) is 0 Å². The molecule has 6 nitrogen and oxygen atoms in total. The highest BCUT2D eigenvalue weighted by molar-refractivity contribution is 7.89. The second-order valence-corrected chi connectivity index (χ2v) is 10.1. The molecule has 1 aliphatic heterocycles. The van der Waals surface area contributed by atoms with Crippen molar-refractivity contribution < 1.29 is 18.0 Å². The van der Waals surface area contributed by atoms with E-state index in [0.717, 1.165) is 12.8 Å². The van der Waals surface area contributed by atoms with Gasteiger partial charge in [-0.1, -0.05) is 57.6 Å². The lowest BCUT2D eigenvalue weighted by Gasteiger charge is -2.30. The smallest absolute Gasteiger partial charge is 0.243 e. The first-order chi connectivity index (χ1) is 14.4. The molecule has 30 heavy (non-hydrogen) atoms. The molecule has 1 N–H and O–H groups in total. The molecule has 0 bridgehead atoms. The molecule has 1 amide bonds. The number of sulfonamides is 1. The van der Waals surface area contributed by atoms with Crippen molar-refractivity contribution in [3.05, 3.63) is 29.8 Å². The van der Waals surface area contributed by atoms with Crippen molar-refractivity contribution in [3.8, 4) is 0 Å². The van der Waals surface area contributed by atoms with Crippen molar-refractivity contribution in [2.45, 2.75) is 76.5 Å². The topological polar surface area (TPSA) is 83.6 Å². The summed E-state index contributed by atoms with van der Waals surface area (Å²) in [5.41, 5.74) is 0.491. The fourth-order valence-corrected chi connectivity index (χ4v) is 5.28. The van der Waals surface area contributed by atoms with Crippen molar-refractivity contribution >= 4 is 21.7 Å². The monoisotopic (exact) mass is 436 g/mol. The molecule has 0 saturated carbocycles. The van der Waals surface area contributed by atoms with E-state index in [1.54, 1.807) is 12.1 Å². The first-order valence-corrected chi connectivity index (χ1v) is 12.7. The van der Waals surface area contributed by atoms with Crippen molar-refractivity contribution in [2.24, 2.45) is 5.92 Å². The van der Waals surface area contributed by atoms with Gasteiger partial charge >= 0.3 is 0 Å². The minimum Gasteiger partial charge on any atom is -0.356 e. The van der Waals surface area contributed by atoms with E-state index in [0.29, 0.717) is 38.0 Å². The van der Waals surface area contributed by atoms with Crippen LogP contribution in [0.25, 0.3) is 0 Å². The van der Waals surface area contributed by atoms with Gasteiger partial charge in [0.1, 0.15) is 0 Å². The number of rotatable bonds is 12. The van der Waals surface area contributed by atoms with Crippen molar-refractivity contribution in [1.82, 2.24) is 9.62 Å². The van der Waals surface area contributed by atoms with Gasteiger partial charge in [-0.05, 0) is 38.3 Å². The number of ketones is 1. The number of nitrogens with one attached hydrogen (secondary N) is 1. The number of unbranched alkanes of at least 4 members (excludes halogenated alkanes) is 6. The van der Waals surface area contributed by atoms with Gasteiger partial charge in [-0.15, -0.1) is 0 Å². The van der Waals surface area contributed by atoms with Crippen LogP contribution in [0, 0.1) is 5.92 Å². The molecule has 0 spiro atoms. The summed E-state index contributed by atoms with van der Waals surface area (Å²) in [6.07, 6.45) is 9.56. The molecule has 0 radical (unpaired) electrons. The average Bonchev–Trinajstić information content (AvgIpc) is 2.75. The lowest BCUT2D eigenvalue weighted by Crippen LogP contribution is -2.43. The number of benzene rings is 1. The van der Waals surface area contributed by atoms with Crippen molar-refractivity contribution in [1.29, 1.82) is 0 Å². The largest absolute Gasteiger partial charge is 0.356 e. The molecule has 1 aromatic carbocycles. The van der Waals surface area contributed by atoms with Gasteiger partial charge in [-0.25, -0.2) is 8.42 Å². The summed E-state index contributed by atoms with van der Waals surface area (Å²) in [6, 6.07) is 6.04. The van der Waals surface area contributed by atoms with Crippen molar-refractivity contribution in [2.75, 3.05) is 19.6 Å². The first-order valence-electron chi connectivity index (χ1n) is 11.2. The van der Waals surface area contributed by atoms with Gasteiger partial charge in [0.15, 0.2) is 5.78 Å². The molecule has 168 valence electrons. The Morgan fingerprint density at radius 3 is 2.10 bits per heavy atom. The molecule has 2 rings (SSSR count). The molecule has 0 aromatic heterocycles.